The normalized spacial score (nSPS) is 17.6. The molecule has 0 spiro atoms. The van der Waals surface area contributed by atoms with Gasteiger partial charge < -0.3 is 14.0 Å². The zero-order chi connectivity index (χ0) is 15.5. The van der Waals surface area contributed by atoms with Crippen molar-refractivity contribution in [3.8, 4) is 0 Å². The van der Waals surface area contributed by atoms with E-state index in [2.05, 4.69) is 46.0 Å². The zero-order valence-electron chi connectivity index (χ0n) is 13.2. The highest BCUT2D eigenvalue weighted by atomic mass is 32.2. The van der Waals surface area contributed by atoms with Crippen LogP contribution in [-0.2, 0) is 14.0 Å². The number of thiol groups is 2. The fourth-order valence-electron chi connectivity index (χ4n) is 1.25. The molecule has 0 aliphatic carbocycles. The van der Waals surface area contributed by atoms with Gasteiger partial charge in [0.1, 0.15) is 0 Å². The molecule has 0 aromatic heterocycles. The lowest BCUT2D eigenvalue weighted by Gasteiger charge is -2.25. The first-order chi connectivity index (χ1) is 9.46. The van der Waals surface area contributed by atoms with E-state index in [9.17, 15) is 0 Å². The quantitative estimate of drug-likeness (QED) is 0.308. The molecule has 0 bridgehead atoms. The van der Waals surface area contributed by atoms with E-state index in [1.807, 2.05) is 25.6 Å². The second kappa shape index (κ2) is 12.5. The van der Waals surface area contributed by atoms with Crippen LogP contribution in [0.4, 0.5) is 0 Å². The van der Waals surface area contributed by atoms with E-state index in [1.54, 1.807) is 0 Å². The van der Waals surface area contributed by atoms with E-state index in [0.29, 0.717) is 5.25 Å². The molecule has 3 nitrogen and oxygen atoms in total. The van der Waals surface area contributed by atoms with E-state index in [4.69, 9.17) is 14.0 Å². The van der Waals surface area contributed by atoms with Crippen LogP contribution in [0.5, 0.6) is 0 Å². The molecule has 4 unspecified atom stereocenters. The molecule has 0 aromatic carbocycles. The minimum atomic E-state index is -0.707. The van der Waals surface area contributed by atoms with Crippen LogP contribution < -0.4 is 0 Å². The molecular weight excluding hydrogens is 311 g/mol. The lowest BCUT2D eigenvalue weighted by Crippen LogP contribution is -2.36. The van der Waals surface area contributed by atoms with Gasteiger partial charge >= 0.3 is 7.32 Å². The molecule has 0 fully saturated rings. The van der Waals surface area contributed by atoms with Gasteiger partial charge in [0.25, 0.3) is 0 Å². The number of hydrogen-bond acceptors (Lipinski definition) is 6. The second-order valence-electron chi connectivity index (χ2n) is 4.62. The molecule has 0 aliphatic rings. The molecule has 0 amide bonds. The van der Waals surface area contributed by atoms with Crippen molar-refractivity contribution in [3.05, 3.63) is 0 Å². The highest BCUT2D eigenvalue weighted by Gasteiger charge is 2.30. The van der Waals surface area contributed by atoms with Gasteiger partial charge in [-0.2, -0.15) is 0 Å². The maximum atomic E-state index is 5.94. The molecular formula is C13H29BO3S3. The van der Waals surface area contributed by atoms with Crippen LogP contribution in [0.1, 0.15) is 60.3 Å². The molecule has 0 saturated carbocycles. The van der Waals surface area contributed by atoms with Crippen LogP contribution in [0.2, 0.25) is 0 Å². The van der Waals surface area contributed by atoms with Crippen LogP contribution in [0.3, 0.4) is 0 Å². The Kier molecular flexibility index (Phi) is 13.2. The standard InChI is InChI=1S/C13H29BO3S3/c1-6-10(5)20-13(9-4)17-14(15-11(18)7-2)16-12(19)8-3/h10-13,18-19H,6-9H2,1-5H3. The lowest BCUT2D eigenvalue weighted by atomic mass is 10.2. The number of rotatable bonds is 12. The Morgan fingerprint density at radius 1 is 0.850 bits per heavy atom. The summed E-state index contributed by atoms with van der Waals surface area (Å²) in [5.74, 6) is 0. The van der Waals surface area contributed by atoms with Crippen molar-refractivity contribution < 1.29 is 14.0 Å². The molecule has 4 atom stereocenters. The van der Waals surface area contributed by atoms with Gasteiger partial charge in [0.2, 0.25) is 0 Å². The van der Waals surface area contributed by atoms with Gasteiger partial charge in [-0.25, -0.2) is 0 Å². The summed E-state index contributed by atoms with van der Waals surface area (Å²) in [5, 5.41) is 0.552. The minimum absolute atomic E-state index is 0.0599. The van der Waals surface area contributed by atoms with Gasteiger partial charge in [0, 0.05) is 5.25 Å². The minimum Gasteiger partial charge on any atom is -0.374 e. The fourth-order valence-corrected chi connectivity index (χ4v) is 2.51. The summed E-state index contributed by atoms with van der Waals surface area (Å²) in [6.07, 6.45) is 3.62. The Labute approximate surface area is 140 Å². The molecule has 0 radical (unpaired) electrons. The highest BCUT2D eigenvalue weighted by molar-refractivity contribution is 8.00. The van der Waals surface area contributed by atoms with Crippen molar-refractivity contribution in [1.82, 2.24) is 0 Å². The summed E-state index contributed by atoms with van der Waals surface area (Å²) >= 11 is 10.5. The molecule has 20 heavy (non-hydrogen) atoms. The van der Waals surface area contributed by atoms with Crippen LogP contribution in [0, 0.1) is 0 Å². The topological polar surface area (TPSA) is 27.7 Å². The Bertz CT molecular complexity index is 225. The average Bonchev–Trinajstić information content (AvgIpc) is 2.45. The van der Waals surface area contributed by atoms with Crippen LogP contribution in [0.25, 0.3) is 0 Å². The Hall–Kier alpha value is 0.995. The van der Waals surface area contributed by atoms with Gasteiger partial charge in [0.15, 0.2) is 0 Å². The molecule has 120 valence electrons. The average molecular weight is 340 g/mol. The van der Waals surface area contributed by atoms with E-state index < -0.39 is 7.32 Å². The maximum Gasteiger partial charge on any atom is 0.641 e. The third kappa shape index (κ3) is 9.85. The Balaban J connectivity index is 4.49. The van der Waals surface area contributed by atoms with Gasteiger partial charge in [-0.3, -0.25) is 0 Å². The highest BCUT2D eigenvalue weighted by Crippen LogP contribution is 2.25. The first-order valence-corrected chi connectivity index (χ1v) is 9.42. The van der Waals surface area contributed by atoms with Crippen molar-refractivity contribution in [2.45, 2.75) is 81.9 Å². The Morgan fingerprint density at radius 3 is 1.70 bits per heavy atom. The van der Waals surface area contributed by atoms with E-state index in [-0.39, 0.29) is 16.3 Å². The molecule has 0 aromatic rings. The summed E-state index contributed by atoms with van der Waals surface area (Å²) in [6, 6.07) is 0. The summed E-state index contributed by atoms with van der Waals surface area (Å²) in [5.41, 5.74) is -0.322. The van der Waals surface area contributed by atoms with Crippen molar-refractivity contribution in [1.29, 1.82) is 0 Å². The number of hydrogen-bond donors (Lipinski definition) is 2. The van der Waals surface area contributed by atoms with Gasteiger partial charge in [-0.1, -0.05) is 34.6 Å². The van der Waals surface area contributed by atoms with Crippen molar-refractivity contribution in [3.63, 3.8) is 0 Å². The molecule has 7 heteroatoms. The van der Waals surface area contributed by atoms with Crippen LogP contribution in [0.15, 0.2) is 0 Å². The molecule has 0 saturated heterocycles. The summed E-state index contributed by atoms with van der Waals surface area (Å²) in [4.78, 5) is 0. The first-order valence-electron chi connectivity index (χ1n) is 7.44. The third-order valence-corrected chi connectivity index (χ3v) is 5.31. The van der Waals surface area contributed by atoms with Crippen molar-refractivity contribution >= 4 is 44.3 Å². The molecule has 0 N–H and O–H groups in total. The van der Waals surface area contributed by atoms with Gasteiger partial charge in [-0.15, -0.1) is 37.0 Å². The van der Waals surface area contributed by atoms with Crippen molar-refractivity contribution in [2.24, 2.45) is 0 Å². The van der Waals surface area contributed by atoms with E-state index in [0.717, 1.165) is 25.7 Å². The zero-order valence-corrected chi connectivity index (χ0v) is 15.8. The largest absolute Gasteiger partial charge is 0.641 e. The van der Waals surface area contributed by atoms with Gasteiger partial charge in [0.05, 0.1) is 16.3 Å². The predicted octanol–water partition coefficient (Wildman–Crippen LogP) is 4.62. The van der Waals surface area contributed by atoms with E-state index >= 15 is 0 Å². The predicted molar refractivity (Wildman–Crippen MR) is 96.6 cm³/mol. The molecule has 0 aliphatic heterocycles. The smallest absolute Gasteiger partial charge is 0.374 e. The summed E-state index contributed by atoms with van der Waals surface area (Å²) in [7, 11) is -0.707. The monoisotopic (exact) mass is 340 g/mol. The molecule has 0 rings (SSSR count). The summed E-state index contributed by atoms with van der Waals surface area (Å²) < 4.78 is 17.3. The fraction of sp³-hybridized carbons (Fsp3) is 1.00. The first kappa shape index (κ1) is 21.0. The van der Waals surface area contributed by atoms with Crippen LogP contribution in [-0.4, -0.2) is 28.9 Å². The van der Waals surface area contributed by atoms with Gasteiger partial charge in [-0.05, 0) is 25.7 Å². The lowest BCUT2D eigenvalue weighted by molar-refractivity contribution is 0.0674. The van der Waals surface area contributed by atoms with Crippen molar-refractivity contribution in [2.75, 3.05) is 0 Å². The second-order valence-corrected chi connectivity index (χ2v) is 7.37. The van der Waals surface area contributed by atoms with E-state index in [1.165, 1.54) is 0 Å². The van der Waals surface area contributed by atoms with Crippen LogP contribution >= 0.6 is 37.0 Å². The Morgan fingerprint density at radius 2 is 1.35 bits per heavy atom. The summed E-state index contributed by atoms with van der Waals surface area (Å²) in [6.45, 7) is 10.5. The number of thioether (sulfide) groups is 1. The third-order valence-electron chi connectivity index (χ3n) is 2.79. The molecule has 0 heterocycles. The maximum absolute atomic E-state index is 5.94. The SMILES string of the molecule is CCC(S)OB(OC(S)CC)OC(CC)SC(C)CC.